The first kappa shape index (κ1) is 17.6. The van der Waals surface area contributed by atoms with Gasteiger partial charge in [-0.3, -0.25) is 4.57 Å². The second kappa shape index (κ2) is 6.95. The van der Waals surface area contributed by atoms with E-state index in [2.05, 4.69) is 10.2 Å². The highest BCUT2D eigenvalue weighted by Crippen LogP contribution is 2.32. The van der Waals surface area contributed by atoms with Crippen molar-refractivity contribution in [2.45, 2.75) is 37.0 Å². The van der Waals surface area contributed by atoms with Gasteiger partial charge >= 0.3 is 6.18 Å². The predicted molar refractivity (Wildman–Crippen MR) is 89.1 cm³/mol. The normalized spacial score (nSPS) is 12.1. The second-order valence-electron chi connectivity index (χ2n) is 5.73. The zero-order valence-electron chi connectivity index (χ0n) is 13.6. The van der Waals surface area contributed by atoms with Crippen molar-refractivity contribution in [1.29, 1.82) is 0 Å². The number of thioether (sulfide) groups is 1. The van der Waals surface area contributed by atoms with Gasteiger partial charge in [-0.15, -0.1) is 10.2 Å². The van der Waals surface area contributed by atoms with Crippen LogP contribution in [0.2, 0.25) is 0 Å². The van der Waals surface area contributed by atoms with Crippen molar-refractivity contribution in [2.24, 2.45) is 0 Å². The summed E-state index contributed by atoms with van der Waals surface area (Å²) in [7, 11) is 0. The van der Waals surface area contributed by atoms with Crippen molar-refractivity contribution in [3.8, 4) is 11.6 Å². The molecule has 0 fully saturated rings. The molecule has 3 aromatic rings. The Hall–Kier alpha value is -2.22. The van der Waals surface area contributed by atoms with Crippen LogP contribution in [0.4, 0.5) is 13.2 Å². The zero-order valence-corrected chi connectivity index (χ0v) is 14.4. The molecular weight excluding hydrogens is 351 g/mol. The van der Waals surface area contributed by atoms with E-state index in [1.54, 1.807) is 24.5 Å². The summed E-state index contributed by atoms with van der Waals surface area (Å²) in [6, 6.07) is 8.97. The van der Waals surface area contributed by atoms with E-state index in [4.69, 9.17) is 4.42 Å². The summed E-state index contributed by atoms with van der Waals surface area (Å²) in [5, 5.41) is 8.98. The monoisotopic (exact) mass is 367 g/mol. The van der Waals surface area contributed by atoms with Crippen molar-refractivity contribution in [1.82, 2.24) is 14.8 Å². The highest BCUT2D eigenvalue weighted by molar-refractivity contribution is 7.98. The van der Waals surface area contributed by atoms with Gasteiger partial charge in [-0.25, -0.2) is 0 Å². The van der Waals surface area contributed by atoms with Crippen LogP contribution in [0.1, 0.15) is 31.0 Å². The van der Waals surface area contributed by atoms with Crippen molar-refractivity contribution >= 4 is 11.8 Å². The summed E-state index contributed by atoms with van der Waals surface area (Å²) in [6.45, 7) is 3.98. The average Bonchev–Trinajstić information content (AvgIpc) is 3.21. The molecule has 8 heteroatoms. The molecule has 0 atom stereocenters. The fourth-order valence-corrected chi connectivity index (χ4v) is 3.41. The third-order valence-electron chi connectivity index (χ3n) is 3.54. The van der Waals surface area contributed by atoms with Crippen LogP contribution in [-0.4, -0.2) is 14.8 Å². The molecule has 2 heterocycles. The standard InChI is InChI=1S/C17H16F3N3OS/c1-11(2)23-15(14-7-4-8-24-14)21-22-16(23)25-10-12-5-3-6-13(9-12)17(18,19)20/h3-9,11H,10H2,1-2H3. The first-order valence-electron chi connectivity index (χ1n) is 7.64. The molecule has 0 aliphatic carbocycles. The molecule has 25 heavy (non-hydrogen) atoms. The maximum atomic E-state index is 12.8. The number of rotatable bonds is 5. The summed E-state index contributed by atoms with van der Waals surface area (Å²) < 4.78 is 45.7. The van der Waals surface area contributed by atoms with Gasteiger partial charge in [-0.1, -0.05) is 30.0 Å². The lowest BCUT2D eigenvalue weighted by Crippen LogP contribution is -2.06. The Morgan fingerprint density at radius 3 is 2.60 bits per heavy atom. The number of nitrogens with zero attached hydrogens (tertiary/aromatic N) is 3. The Balaban J connectivity index is 1.82. The largest absolute Gasteiger partial charge is 0.461 e. The summed E-state index contributed by atoms with van der Waals surface area (Å²) in [5.41, 5.74) is -0.0649. The summed E-state index contributed by atoms with van der Waals surface area (Å²) in [6.07, 6.45) is -2.78. The van der Waals surface area contributed by atoms with Gasteiger partial charge in [0.1, 0.15) is 0 Å². The van der Waals surface area contributed by atoms with E-state index in [0.29, 0.717) is 28.1 Å². The fraction of sp³-hybridized carbons (Fsp3) is 0.294. The quantitative estimate of drug-likeness (QED) is 0.564. The molecule has 0 N–H and O–H groups in total. The van der Waals surface area contributed by atoms with Gasteiger partial charge in [0.15, 0.2) is 10.9 Å². The molecule has 0 saturated carbocycles. The number of aromatic nitrogens is 3. The molecule has 0 radical (unpaired) electrons. The van der Waals surface area contributed by atoms with Crippen LogP contribution in [0, 0.1) is 0 Å². The third-order valence-corrected chi connectivity index (χ3v) is 4.56. The topological polar surface area (TPSA) is 43.9 Å². The van der Waals surface area contributed by atoms with Crippen LogP contribution < -0.4 is 0 Å². The van der Waals surface area contributed by atoms with Crippen molar-refractivity contribution in [3.05, 3.63) is 53.8 Å². The van der Waals surface area contributed by atoms with Crippen molar-refractivity contribution in [2.75, 3.05) is 0 Å². The maximum Gasteiger partial charge on any atom is 0.416 e. The predicted octanol–water partition coefficient (Wildman–Crippen LogP) is 5.43. The fourth-order valence-electron chi connectivity index (χ4n) is 2.40. The van der Waals surface area contributed by atoms with Crippen molar-refractivity contribution in [3.63, 3.8) is 0 Å². The molecule has 0 bridgehead atoms. The van der Waals surface area contributed by atoms with Crippen molar-refractivity contribution < 1.29 is 17.6 Å². The Morgan fingerprint density at radius 2 is 1.96 bits per heavy atom. The molecule has 0 aliphatic heterocycles. The van der Waals surface area contributed by atoms with Crippen LogP contribution in [0.15, 0.2) is 52.2 Å². The van der Waals surface area contributed by atoms with Gasteiger partial charge in [-0.2, -0.15) is 13.2 Å². The van der Waals surface area contributed by atoms with Crippen LogP contribution >= 0.6 is 11.8 Å². The minimum absolute atomic E-state index is 0.0825. The lowest BCUT2D eigenvalue weighted by Gasteiger charge is -2.13. The number of hydrogen-bond acceptors (Lipinski definition) is 4. The first-order chi connectivity index (χ1) is 11.9. The minimum atomic E-state index is -4.34. The molecule has 4 nitrogen and oxygen atoms in total. The Bertz CT molecular complexity index is 841. The van der Waals surface area contributed by atoms with Crippen LogP contribution in [-0.2, 0) is 11.9 Å². The summed E-state index contributed by atoms with van der Waals surface area (Å²) in [5.74, 6) is 1.58. The molecule has 0 unspecified atom stereocenters. The summed E-state index contributed by atoms with van der Waals surface area (Å²) >= 11 is 1.35. The van der Waals surface area contributed by atoms with E-state index in [1.165, 1.54) is 17.8 Å². The van der Waals surface area contributed by atoms with E-state index in [1.807, 2.05) is 18.4 Å². The van der Waals surface area contributed by atoms with Crippen LogP contribution in [0.25, 0.3) is 11.6 Å². The Kier molecular flexibility index (Phi) is 4.89. The molecule has 2 aromatic heterocycles. The third kappa shape index (κ3) is 3.89. The maximum absolute atomic E-state index is 12.8. The molecule has 0 saturated heterocycles. The molecular formula is C17H16F3N3OS. The van der Waals surface area contributed by atoms with Crippen LogP contribution in [0.5, 0.6) is 0 Å². The lowest BCUT2D eigenvalue weighted by molar-refractivity contribution is -0.137. The lowest BCUT2D eigenvalue weighted by atomic mass is 10.1. The SMILES string of the molecule is CC(C)n1c(SCc2cccc(C(F)(F)F)c2)nnc1-c1ccco1. The number of alkyl halides is 3. The number of furan rings is 1. The minimum Gasteiger partial charge on any atom is -0.461 e. The zero-order chi connectivity index (χ0) is 18.0. The number of hydrogen-bond donors (Lipinski definition) is 0. The van der Waals surface area contributed by atoms with E-state index in [-0.39, 0.29) is 6.04 Å². The smallest absolute Gasteiger partial charge is 0.416 e. The molecule has 132 valence electrons. The highest BCUT2D eigenvalue weighted by atomic mass is 32.2. The van der Waals surface area contributed by atoms with Crippen LogP contribution in [0.3, 0.4) is 0 Å². The highest BCUT2D eigenvalue weighted by Gasteiger charge is 2.30. The van der Waals surface area contributed by atoms with E-state index >= 15 is 0 Å². The van der Waals surface area contributed by atoms with Gasteiger partial charge in [0, 0.05) is 11.8 Å². The van der Waals surface area contributed by atoms with Gasteiger partial charge < -0.3 is 4.42 Å². The molecule has 0 aliphatic rings. The molecule has 0 spiro atoms. The average molecular weight is 367 g/mol. The van der Waals surface area contributed by atoms with Gasteiger partial charge in [0.2, 0.25) is 5.82 Å². The van der Waals surface area contributed by atoms with E-state index in [0.717, 1.165) is 12.1 Å². The first-order valence-corrected chi connectivity index (χ1v) is 8.62. The second-order valence-corrected chi connectivity index (χ2v) is 6.68. The molecule has 0 amide bonds. The number of benzene rings is 1. The van der Waals surface area contributed by atoms with E-state index in [9.17, 15) is 13.2 Å². The Labute approximate surface area is 147 Å². The number of halogens is 3. The van der Waals surface area contributed by atoms with Gasteiger partial charge in [0.05, 0.1) is 11.8 Å². The van der Waals surface area contributed by atoms with Gasteiger partial charge in [0.25, 0.3) is 0 Å². The Morgan fingerprint density at radius 1 is 1.16 bits per heavy atom. The molecule has 3 rings (SSSR count). The molecule has 1 aromatic carbocycles. The summed E-state index contributed by atoms with van der Waals surface area (Å²) in [4.78, 5) is 0. The van der Waals surface area contributed by atoms with Gasteiger partial charge in [-0.05, 0) is 37.6 Å². The van der Waals surface area contributed by atoms with E-state index < -0.39 is 11.7 Å².